The summed E-state index contributed by atoms with van der Waals surface area (Å²) in [7, 11) is 0. The summed E-state index contributed by atoms with van der Waals surface area (Å²) in [5, 5.41) is 8.57. The Bertz CT molecular complexity index is 448. The van der Waals surface area contributed by atoms with Crippen LogP contribution >= 0.6 is 0 Å². The molecule has 1 aromatic heterocycles. The summed E-state index contributed by atoms with van der Waals surface area (Å²) in [6.45, 7) is 4.08. The molecule has 0 N–H and O–H groups in total. The van der Waals surface area contributed by atoms with E-state index >= 15 is 0 Å². The van der Waals surface area contributed by atoms with E-state index in [4.69, 9.17) is 0 Å². The monoisotopic (exact) mass is 323 g/mol. The van der Waals surface area contributed by atoms with Crippen molar-refractivity contribution in [1.29, 1.82) is 0 Å². The van der Waals surface area contributed by atoms with Crippen molar-refractivity contribution in [3.63, 3.8) is 0 Å². The average Bonchev–Trinajstić information content (AvgIpc) is 2.74. The minimum absolute atomic E-state index is 0.836. The quantitative estimate of drug-likeness (QED) is 0.362. The van der Waals surface area contributed by atoms with Gasteiger partial charge >= 0.3 is 122 Å². The van der Waals surface area contributed by atoms with Crippen LogP contribution < -0.4 is 0 Å². The van der Waals surface area contributed by atoms with Gasteiger partial charge in [0.05, 0.1) is 0 Å². The molecule has 0 unspecified atom stereocenters. The molecule has 4 nitrogen and oxygen atoms in total. The number of hydrogen-bond acceptors (Lipinski definition) is 3. The van der Waals surface area contributed by atoms with Crippen molar-refractivity contribution in [3.05, 3.63) is 30.1 Å². The molecule has 1 fully saturated rings. The Labute approximate surface area is 122 Å². The first-order valence-corrected chi connectivity index (χ1v) is 7.58. The van der Waals surface area contributed by atoms with E-state index in [0.717, 1.165) is 29.2 Å². The molecule has 0 atom stereocenters. The molecule has 101 valence electrons. The van der Waals surface area contributed by atoms with Gasteiger partial charge in [0.2, 0.25) is 0 Å². The zero-order valence-corrected chi connectivity index (χ0v) is 13.0. The molecule has 1 aromatic rings. The second-order valence-corrected chi connectivity index (χ2v) is 5.45. The van der Waals surface area contributed by atoms with Crippen LogP contribution in [-0.4, -0.2) is 49.4 Å². The van der Waals surface area contributed by atoms with Gasteiger partial charge in [-0.1, -0.05) is 0 Å². The fraction of sp³-hybridized carbons (Fsp3) is 0.500. The number of aromatic nitrogens is 1. The summed E-state index contributed by atoms with van der Waals surface area (Å²) in [5.74, 6) is 0. The van der Waals surface area contributed by atoms with Crippen molar-refractivity contribution in [2.45, 2.75) is 32.6 Å². The molecule has 1 radical (unpaired) electrons. The van der Waals surface area contributed by atoms with Crippen LogP contribution in [0.15, 0.2) is 34.6 Å². The third kappa shape index (κ3) is 4.44. The van der Waals surface area contributed by atoms with Gasteiger partial charge in [-0.15, -0.1) is 0 Å². The number of likely N-dealkylation sites (tertiary alicyclic amines) is 1. The standard InChI is InChI=1S/C14H19N4Se/c1-12(13-8-4-5-9-15-13)16-17-14(19)18-10-6-2-3-7-11-18/h4-5,8-9H,2-3,6-7,10-11H2,1H3. The molecule has 2 heterocycles. The van der Waals surface area contributed by atoms with E-state index in [-0.39, 0.29) is 0 Å². The van der Waals surface area contributed by atoms with E-state index in [9.17, 15) is 0 Å². The Kier molecular flexibility index (Phi) is 5.55. The zero-order chi connectivity index (χ0) is 13.5. The molecule has 0 saturated carbocycles. The van der Waals surface area contributed by atoms with Crippen molar-refractivity contribution in [3.8, 4) is 0 Å². The van der Waals surface area contributed by atoms with Gasteiger partial charge in [-0.05, 0) is 0 Å². The summed E-state index contributed by atoms with van der Waals surface area (Å²) in [4.78, 5) is 6.54. The Morgan fingerprint density at radius 2 is 1.89 bits per heavy atom. The van der Waals surface area contributed by atoms with E-state index in [1.165, 1.54) is 25.7 Å². The predicted octanol–water partition coefficient (Wildman–Crippen LogP) is 2.21. The van der Waals surface area contributed by atoms with Gasteiger partial charge in [-0.25, -0.2) is 0 Å². The van der Waals surface area contributed by atoms with Gasteiger partial charge in [-0.2, -0.15) is 0 Å². The molecule has 1 aliphatic rings. The first-order valence-electron chi connectivity index (χ1n) is 6.73. The zero-order valence-electron chi connectivity index (χ0n) is 11.2. The molecule has 0 aliphatic carbocycles. The summed E-state index contributed by atoms with van der Waals surface area (Å²) in [6, 6.07) is 5.80. The van der Waals surface area contributed by atoms with Crippen molar-refractivity contribution in [1.82, 2.24) is 9.88 Å². The molecule has 1 aliphatic heterocycles. The Hall–Kier alpha value is -1.19. The summed E-state index contributed by atoms with van der Waals surface area (Å²) in [5.41, 5.74) is 1.71. The van der Waals surface area contributed by atoms with Crippen molar-refractivity contribution in [2.24, 2.45) is 10.2 Å². The van der Waals surface area contributed by atoms with Crippen molar-refractivity contribution >= 4 is 26.5 Å². The normalized spacial score (nSPS) is 18.3. The molecule has 2 rings (SSSR count). The van der Waals surface area contributed by atoms with E-state index in [1.807, 2.05) is 25.1 Å². The van der Waals surface area contributed by atoms with Crippen LogP contribution in [0.2, 0.25) is 0 Å². The second kappa shape index (κ2) is 7.41. The second-order valence-electron chi connectivity index (χ2n) is 4.68. The van der Waals surface area contributed by atoms with Gasteiger partial charge in [0.1, 0.15) is 0 Å². The van der Waals surface area contributed by atoms with E-state index < -0.39 is 0 Å². The SMILES string of the molecule is CC(=NN=C([Se])N1CCCCCC1)c1ccccn1. The topological polar surface area (TPSA) is 40.9 Å². The average molecular weight is 322 g/mol. The van der Waals surface area contributed by atoms with Gasteiger partial charge in [0.25, 0.3) is 0 Å². The number of rotatable bonds is 2. The summed E-state index contributed by atoms with van der Waals surface area (Å²) >= 11 is 3.03. The number of hydrogen-bond donors (Lipinski definition) is 0. The Balaban J connectivity index is 2.03. The molecule has 0 bridgehead atoms. The number of nitrogens with zero attached hydrogens (tertiary/aromatic N) is 4. The summed E-state index contributed by atoms with van der Waals surface area (Å²) in [6.07, 6.45) is 6.89. The van der Waals surface area contributed by atoms with Gasteiger partial charge in [0.15, 0.2) is 0 Å². The first-order chi connectivity index (χ1) is 9.27. The number of pyridine rings is 1. The summed E-state index contributed by atoms with van der Waals surface area (Å²) < 4.78 is 0.886. The first kappa shape index (κ1) is 14.2. The van der Waals surface area contributed by atoms with Crippen LogP contribution in [0.4, 0.5) is 0 Å². The maximum atomic E-state index is 4.30. The van der Waals surface area contributed by atoms with Crippen LogP contribution in [0.5, 0.6) is 0 Å². The fourth-order valence-electron chi connectivity index (χ4n) is 2.07. The molecule has 0 amide bonds. The third-order valence-electron chi connectivity index (χ3n) is 3.20. The Morgan fingerprint density at radius 3 is 2.53 bits per heavy atom. The Morgan fingerprint density at radius 1 is 1.16 bits per heavy atom. The third-order valence-corrected chi connectivity index (χ3v) is 3.91. The van der Waals surface area contributed by atoms with E-state index in [2.05, 4.69) is 36.1 Å². The van der Waals surface area contributed by atoms with Gasteiger partial charge < -0.3 is 0 Å². The van der Waals surface area contributed by atoms with Crippen molar-refractivity contribution < 1.29 is 0 Å². The molecular weight excluding hydrogens is 303 g/mol. The molecule has 19 heavy (non-hydrogen) atoms. The van der Waals surface area contributed by atoms with Crippen LogP contribution in [-0.2, 0) is 0 Å². The van der Waals surface area contributed by atoms with Gasteiger partial charge in [-0.3, -0.25) is 0 Å². The maximum absolute atomic E-state index is 4.30. The predicted molar refractivity (Wildman–Crippen MR) is 79.7 cm³/mol. The van der Waals surface area contributed by atoms with Crippen LogP contribution in [0.25, 0.3) is 0 Å². The van der Waals surface area contributed by atoms with E-state index in [1.54, 1.807) is 6.20 Å². The minimum atomic E-state index is 0.836. The molecular formula is C14H19N4Se. The van der Waals surface area contributed by atoms with E-state index in [0.29, 0.717) is 0 Å². The molecule has 0 aromatic carbocycles. The van der Waals surface area contributed by atoms with Crippen LogP contribution in [0.1, 0.15) is 38.3 Å². The van der Waals surface area contributed by atoms with Crippen molar-refractivity contribution in [2.75, 3.05) is 13.1 Å². The fourth-order valence-corrected chi connectivity index (χ4v) is 2.54. The van der Waals surface area contributed by atoms with Crippen LogP contribution in [0, 0.1) is 0 Å². The van der Waals surface area contributed by atoms with Crippen LogP contribution in [0.3, 0.4) is 0 Å². The number of amidine groups is 1. The molecule has 1 saturated heterocycles. The van der Waals surface area contributed by atoms with Gasteiger partial charge in [0, 0.05) is 0 Å². The molecule has 5 heteroatoms. The molecule has 0 spiro atoms.